The Hall–Kier alpha value is -3.10. The summed E-state index contributed by atoms with van der Waals surface area (Å²) in [6, 6.07) is 6.86. The minimum absolute atomic E-state index is 0.0127. The lowest BCUT2D eigenvalue weighted by molar-refractivity contribution is 0.0547. The van der Waals surface area contributed by atoms with Crippen LogP contribution in [-0.2, 0) is 4.74 Å². The molecule has 0 saturated carbocycles. The van der Waals surface area contributed by atoms with Gasteiger partial charge in [-0.25, -0.2) is 9.97 Å². The van der Waals surface area contributed by atoms with Crippen LogP contribution in [0.1, 0.15) is 45.5 Å². The summed E-state index contributed by atoms with van der Waals surface area (Å²) >= 11 is 1.22. The zero-order valence-electron chi connectivity index (χ0n) is 16.5. The molecule has 3 aromatic heterocycles. The predicted octanol–water partition coefficient (Wildman–Crippen LogP) is 4.21. The molecule has 1 amide bonds. The second-order valence-electron chi connectivity index (χ2n) is 6.92. The fourth-order valence-electron chi connectivity index (χ4n) is 3.41. The maximum Gasteiger partial charge on any atom is 0.251 e. The molecule has 4 rings (SSSR count). The van der Waals surface area contributed by atoms with Gasteiger partial charge in [0.2, 0.25) is 0 Å². The number of hydrogen-bond donors (Lipinski definition) is 1. The van der Waals surface area contributed by atoms with Crippen molar-refractivity contribution in [2.24, 2.45) is 11.7 Å². The second kappa shape index (κ2) is 8.73. The molecule has 0 bridgehead atoms. The molecule has 0 spiro atoms. The lowest BCUT2D eigenvalue weighted by atomic mass is 9.94. The van der Waals surface area contributed by atoms with Gasteiger partial charge in [0.1, 0.15) is 21.3 Å². The van der Waals surface area contributed by atoms with Crippen molar-refractivity contribution in [2.45, 2.75) is 19.8 Å². The van der Waals surface area contributed by atoms with Crippen LogP contribution in [0.3, 0.4) is 0 Å². The molecule has 0 radical (unpaired) electrons. The van der Waals surface area contributed by atoms with E-state index in [4.69, 9.17) is 14.9 Å². The number of carbonyl (C=O) groups is 2. The van der Waals surface area contributed by atoms with E-state index in [1.807, 2.05) is 19.1 Å². The first-order valence-electron chi connectivity index (χ1n) is 9.69. The van der Waals surface area contributed by atoms with Gasteiger partial charge in [-0.1, -0.05) is 6.08 Å². The summed E-state index contributed by atoms with van der Waals surface area (Å²) in [6.07, 6.45) is 6.56. The van der Waals surface area contributed by atoms with E-state index >= 15 is 0 Å². The number of nitrogens with two attached hydrogens (primary N) is 1. The van der Waals surface area contributed by atoms with Gasteiger partial charge < -0.3 is 14.9 Å². The predicted molar refractivity (Wildman–Crippen MR) is 114 cm³/mol. The molecule has 2 N–H and O–H groups in total. The molecule has 3 aromatic rings. The van der Waals surface area contributed by atoms with Crippen LogP contribution in [-0.4, -0.2) is 34.9 Å². The number of primary amides is 1. The molecule has 1 aliphatic rings. The number of aromatic nitrogens is 2. The van der Waals surface area contributed by atoms with Gasteiger partial charge in [-0.05, 0) is 50.1 Å². The van der Waals surface area contributed by atoms with E-state index in [-0.39, 0.29) is 17.3 Å². The van der Waals surface area contributed by atoms with Crippen LogP contribution in [0.5, 0.6) is 0 Å². The largest absolute Gasteiger partial charge is 0.463 e. The van der Waals surface area contributed by atoms with Gasteiger partial charge in [0.25, 0.3) is 5.91 Å². The number of pyridine rings is 1. The van der Waals surface area contributed by atoms with Gasteiger partial charge in [-0.3, -0.25) is 9.59 Å². The van der Waals surface area contributed by atoms with Crippen molar-refractivity contribution >= 4 is 29.1 Å². The van der Waals surface area contributed by atoms with E-state index in [1.165, 1.54) is 17.6 Å². The molecule has 30 heavy (non-hydrogen) atoms. The number of amides is 1. The fourth-order valence-corrected chi connectivity index (χ4v) is 4.51. The molecule has 4 heterocycles. The number of thiazole rings is 1. The molecular formula is C22H21N3O4S. The average molecular weight is 423 g/mol. The van der Waals surface area contributed by atoms with E-state index in [9.17, 15) is 9.59 Å². The summed E-state index contributed by atoms with van der Waals surface area (Å²) in [7, 11) is 0. The highest BCUT2D eigenvalue weighted by Crippen LogP contribution is 2.37. The number of nitrogens with zero attached hydrogens (tertiary/aromatic N) is 2. The number of ketones is 1. The standard InChI is InChI=1S/C22H21N3O4S/c1-2-4-14-6-7-15(21(23)27)17(24-14)22-25-18(16-5-3-10-29-16)20(30-22)19(26)13-8-11-28-12-9-13/h2-7,10,13H,8-9,11-12H2,1H3,(H2,23,27). The first kappa shape index (κ1) is 20.2. The third-order valence-corrected chi connectivity index (χ3v) is 6.00. The third kappa shape index (κ3) is 3.96. The minimum atomic E-state index is -0.600. The minimum Gasteiger partial charge on any atom is -0.463 e. The van der Waals surface area contributed by atoms with Crippen LogP contribution in [0, 0.1) is 5.92 Å². The molecule has 0 atom stereocenters. The smallest absolute Gasteiger partial charge is 0.251 e. The van der Waals surface area contributed by atoms with Gasteiger partial charge in [-0.2, -0.15) is 0 Å². The molecule has 1 fully saturated rings. The van der Waals surface area contributed by atoms with Crippen LogP contribution < -0.4 is 5.73 Å². The number of rotatable bonds is 6. The highest BCUT2D eigenvalue weighted by Gasteiger charge is 2.30. The van der Waals surface area contributed by atoms with Gasteiger partial charge in [0.15, 0.2) is 11.5 Å². The SMILES string of the molecule is CC=Cc1ccc(C(N)=O)c(-c2nc(-c3ccco3)c(C(=O)C3CCOCC3)s2)n1. The summed E-state index contributed by atoms with van der Waals surface area (Å²) in [5.41, 5.74) is 7.33. The molecule has 1 saturated heterocycles. The Bertz CT molecular complexity index is 1100. The zero-order valence-corrected chi connectivity index (χ0v) is 17.3. The van der Waals surface area contributed by atoms with Gasteiger partial charge >= 0.3 is 0 Å². The zero-order chi connectivity index (χ0) is 21.1. The molecule has 8 heteroatoms. The lowest BCUT2D eigenvalue weighted by Crippen LogP contribution is -2.23. The molecule has 7 nitrogen and oxygen atoms in total. The monoisotopic (exact) mass is 423 g/mol. The van der Waals surface area contributed by atoms with Gasteiger partial charge in [0.05, 0.1) is 17.5 Å². The van der Waals surface area contributed by atoms with Crippen LogP contribution >= 0.6 is 11.3 Å². The topological polar surface area (TPSA) is 108 Å². The Labute approximate surface area is 177 Å². The first-order chi connectivity index (χ1) is 14.6. The number of ether oxygens (including phenoxy) is 1. The third-order valence-electron chi connectivity index (χ3n) is 4.92. The van der Waals surface area contributed by atoms with Gasteiger partial charge in [-0.15, -0.1) is 11.3 Å². The molecule has 0 aromatic carbocycles. The Morgan fingerprint density at radius 2 is 1.97 bits per heavy atom. The highest BCUT2D eigenvalue weighted by atomic mass is 32.1. The Morgan fingerprint density at radius 1 is 1.17 bits per heavy atom. The van der Waals surface area contributed by atoms with Crippen LogP contribution in [0.25, 0.3) is 28.2 Å². The van der Waals surface area contributed by atoms with E-state index in [0.717, 1.165) is 0 Å². The van der Waals surface area contributed by atoms with Crippen molar-refractivity contribution in [3.05, 3.63) is 52.7 Å². The fraction of sp³-hybridized carbons (Fsp3) is 0.273. The van der Waals surface area contributed by atoms with Crippen molar-refractivity contribution < 1.29 is 18.7 Å². The van der Waals surface area contributed by atoms with Crippen molar-refractivity contribution in [3.63, 3.8) is 0 Å². The normalized spacial score (nSPS) is 15.0. The quantitative estimate of drug-likeness (QED) is 0.595. The van der Waals surface area contributed by atoms with Crippen LogP contribution in [0.4, 0.5) is 0 Å². The summed E-state index contributed by atoms with van der Waals surface area (Å²) < 4.78 is 10.9. The van der Waals surface area contributed by atoms with Crippen molar-refractivity contribution in [1.82, 2.24) is 9.97 Å². The van der Waals surface area contributed by atoms with E-state index in [2.05, 4.69) is 9.97 Å². The van der Waals surface area contributed by atoms with Gasteiger partial charge in [0, 0.05) is 19.1 Å². The van der Waals surface area contributed by atoms with Crippen molar-refractivity contribution in [3.8, 4) is 22.2 Å². The number of allylic oxidation sites excluding steroid dienone is 1. The second-order valence-corrected chi connectivity index (χ2v) is 7.92. The maximum absolute atomic E-state index is 13.3. The Kier molecular flexibility index (Phi) is 5.87. The molecule has 0 unspecified atom stereocenters. The summed E-state index contributed by atoms with van der Waals surface area (Å²) in [4.78, 5) is 35.0. The Morgan fingerprint density at radius 3 is 2.63 bits per heavy atom. The van der Waals surface area contributed by atoms with Crippen LogP contribution in [0.2, 0.25) is 0 Å². The summed E-state index contributed by atoms with van der Waals surface area (Å²) in [5.74, 6) is -0.216. The summed E-state index contributed by atoms with van der Waals surface area (Å²) in [6.45, 7) is 3.01. The summed E-state index contributed by atoms with van der Waals surface area (Å²) in [5, 5.41) is 0.456. The first-order valence-corrected chi connectivity index (χ1v) is 10.5. The molecule has 1 aliphatic heterocycles. The van der Waals surface area contributed by atoms with E-state index < -0.39 is 5.91 Å². The maximum atomic E-state index is 13.3. The van der Waals surface area contributed by atoms with Crippen molar-refractivity contribution in [1.29, 1.82) is 0 Å². The molecule has 0 aliphatic carbocycles. The lowest BCUT2D eigenvalue weighted by Gasteiger charge is -2.20. The van der Waals surface area contributed by atoms with Crippen LogP contribution in [0.15, 0.2) is 41.0 Å². The number of hydrogen-bond acceptors (Lipinski definition) is 7. The van der Waals surface area contributed by atoms with Crippen molar-refractivity contribution in [2.75, 3.05) is 13.2 Å². The molecule has 154 valence electrons. The highest BCUT2D eigenvalue weighted by molar-refractivity contribution is 7.17. The molecular weight excluding hydrogens is 402 g/mol. The average Bonchev–Trinajstić information content (AvgIpc) is 3.44. The van der Waals surface area contributed by atoms with E-state index in [1.54, 1.807) is 24.3 Å². The number of carbonyl (C=O) groups excluding carboxylic acids is 2. The number of Topliss-reactive ketones (excluding diaryl/α,β-unsaturated/α-hetero) is 1. The van der Waals surface area contributed by atoms with E-state index in [0.29, 0.717) is 58.8 Å². The Balaban J connectivity index is 1.85. The number of furan rings is 1.